The van der Waals surface area contributed by atoms with Gasteiger partial charge in [-0.15, -0.1) is 11.8 Å². The number of urea groups is 1. The van der Waals surface area contributed by atoms with Crippen molar-refractivity contribution in [2.45, 2.75) is 30.8 Å². The molecule has 0 bridgehead atoms. The number of piperidine rings is 1. The van der Waals surface area contributed by atoms with Crippen molar-refractivity contribution in [1.82, 2.24) is 9.80 Å². The number of rotatable bonds is 2. The molecule has 0 unspecified atom stereocenters. The smallest absolute Gasteiger partial charge is 0.324 e. The van der Waals surface area contributed by atoms with Gasteiger partial charge in [0.2, 0.25) is 0 Å². The Hall–Kier alpha value is -2.68. The molecule has 9 heteroatoms. The molecule has 2 saturated heterocycles. The van der Waals surface area contributed by atoms with Crippen LogP contribution >= 0.6 is 11.8 Å². The molecular formula is C23H24F3N3O2S. The molecule has 0 atom stereocenters. The normalized spacial score (nSPS) is 18.1. The number of alkyl halides is 3. The van der Waals surface area contributed by atoms with E-state index in [4.69, 9.17) is 0 Å². The van der Waals surface area contributed by atoms with E-state index in [0.29, 0.717) is 38.0 Å². The summed E-state index contributed by atoms with van der Waals surface area (Å²) < 4.78 is 38.8. The Bertz CT molecular complexity index is 1020. The maximum atomic E-state index is 13.2. The summed E-state index contributed by atoms with van der Waals surface area (Å²) in [4.78, 5) is 29.0. The fourth-order valence-corrected chi connectivity index (χ4v) is 5.73. The molecule has 0 aromatic heterocycles. The number of aryl methyl sites for hydroxylation is 1. The van der Waals surface area contributed by atoms with E-state index < -0.39 is 17.8 Å². The second-order valence-corrected chi connectivity index (χ2v) is 9.57. The first-order valence-electron chi connectivity index (χ1n) is 10.4. The zero-order valence-corrected chi connectivity index (χ0v) is 18.4. The molecule has 4 rings (SSSR count). The number of anilines is 1. The summed E-state index contributed by atoms with van der Waals surface area (Å²) in [5.74, 6) is 0.842. The van der Waals surface area contributed by atoms with Gasteiger partial charge in [-0.3, -0.25) is 4.79 Å². The summed E-state index contributed by atoms with van der Waals surface area (Å²) in [6.45, 7) is 3.46. The molecule has 1 N–H and O–H groups in total. The van der Waals surface area contributed by atoms with Gasteiger partial charge in [0, 0.05) is 36.6 Å². The van der Waals surface area contributed by atoms with E-state index in [0.717, 1.165) is 23.4 Å². The number of hydrogen-bond acceptors (Lipinski definition) is 3. The van der Waals surface area contributed by atoms with Crippen LogP contribution in [0.2, 0.25) is 0 Å². The number of carbonyl (C=O) groups is 2. The van der Waals surface area contributed by atoms with Crippen molar-refractivity contribution in [3.63, 3.8) is 0 Å². The number of carbonyl (C=O) groups excluding carboxylic acids is 2. The molecule has 5 nitrogen and oxygen atoms in total. The van der Waals surface area contributed by atoms with E-state index in [9.17, 15) is 22.8 Å². The van der Waals surface area contributed by atoms with E-state index in [1.165, 1.54) is 12.1 Å². The van der Waals surface area contributed by atoms with Crippen LogP contribution in [0.4, 0.5) is 23.7 Å². The van der Waals surface area contributed by atoms with Crippen LogP contribution in [-0.4, -0.2) is 52.0 Å². The van der Waals surface area contributed by atoms with Crippen LogP contribution in [0.3, 0.4) is 0 Å². The molecule has 1 spiro atoms. The van der Waals surface area contributed by atoms with Crippen molar-refractivity contribution in [3.8, 4) is 0 Å². The highest BCUT2D eigenvalue weighted by Crippen LogP contribution is 2.44. The fraction of sp³-hybridized carbons (Fsp3) is 0.391. The monoisotopic (exact) mass is 463 g/mol. The first-order chi connectivity index (χ1) is 15.2. The Kier molecular flexibility index (Phi) is 6.11. The van der Waals surface area contributed by atoms with Gasteiger partial charge in [0.05, 0.1) is 10.4 Å². The molecule has 2 heterocycles. The summed E-state index contributed by atoms with van der Waals surface area (Å²) >= 11 is 1.75. The summed E-state index contributed by atoms with van der Waals surface area (Å²) in [6.07, 6.45) is -3.23. The molecular weight excluding hydrogens is 439 g/mol. The highest BCUT2D eigenvalue weighted by molar-refractivity contribution is 8.00. The largest absolute Gasteiger partial charge is 0.416 e. The Morgan fingerprint density at radius 3 is 2.44 bits per heavy atom. The predicted octanol–water partition coefficient (Wildman–Crippen LogP) is 5.23. The molecule has 2 aliphatic heterocycles. The number of likely N-dealkylation sites (tertiary alicyclic amines) is 1. The summed E-state index contributed by atoms with van der Waals surface area (Å²) in [5, 5.41) is 2.57. The van der Waals surface area contributed by atoms with Gasteiger partial charge in [0.15, 0.2) is 0 Å². The zero-order valence-electron chi connectivity index (χ0n) is 17.6. The molecule has 3 amide bonds. The van der Waals surface area contributed by atoms with Crippen LogP contribution < -0.4 is 5.32 Å². The molecule has 0 saturated carbocycles. The van der Waals surface area contributed by atoms with Crippen molar-refractivity contribution >= 4 is 29.4 Å². The Balaban J connectivity index is 1.41. The van der Waals surface area contributed by atoms with Crippen molar-refractivity contribution in [2.24, 2.45) is 0 Å². The van der Waals surface area contributed by atoms with E-state index in [1.807, 2.05) is 36.1 Å². The number of benzene rings is 2. The Labute approximate surface area is 189 Å². The third-order valence-electron chi connectivity index (χ3n) is 5.96. The number of nitrogens with zero attached hydrogens (tertiary/aromatic N) is 2. The Morgan fingerprint density at radius 1 is 1.03 bits per heavy atom. The molecule has 2 fully saturated rings. The van der Waals surface area contributed by atoms with E-state index in [-0.39, 0.29) is 16.5 Å². The van der Waals surface area contributed by atoms with Crippen molar-refractivity contribution < 1.29 is 22.8 Å². The van der Waals surface area contributed by atoms with Crippen LogP contribution in [-0.2, 0) is 6.18 Å². The highest BCUT2D eigenvalue weighted by atomic mass is 32.2. The zero-order chi connectivity index (χ0) is 22.9. The van der Waals surface area contributed by atoms with Crippen molar-refractivity contribution in [3.05, 3.63) is 65.2 Å². The van der Waals surface area contributed by atoms with Gasteiger partial charge in [-0.25, -0.2) is 4.79 Å². The molecule has 2 aromatic carbocycles. The second kappa shape index (κ2) is 8.69. The average molecular weight is 464 g/mol. The lowest BCUT2D eigenvalue weighted by Gasteiger charge is -2.44. The minimum atomic E-state index is -4.47. The third-order valence-corrected chi connectivity index (χ3v) is 7.51. The first kappa shape index (κ1) is 22.5. The molecule has 0 radical (unpaired) electrons. The number of thioether (sulfide) groups is 1. The minimum Gasteiger partial charge on any atom is -0.324 e. The average Bonchev–Trinajstić information content (AvgIpc) is 3.16. The second-order valence-electron chi connectivity index (χ2n) is 8.12. The maximum absolute atomic E-state index is 13.2. The Morgan fingerprint density at radius 2 is 1.75 bits per heavy atom. The minimum absolute atomic E-state index is 0.000525. The first-order valence-corrected chi connectivity index (χ1v) is 11.4. The van der Waals surface area contributed by atoms with Crippen LogP contribution in [0.15, 0.2) is 48.5 Å². The molecule has 2 aliphatic rings. The SMILES string of the molecule is Cc1cccc(C(=O)N2CCSC23CCN(C(=O)Nc2cccc(C(F)(F)F)c2)CC3)c1. The van der Waals surface area contributed by atoms with Gasteiger partial charge in [-0.1, -0.05) is 23.8 Å². The number of halogens is 3. The lowest BCUT2D eigenvalue weighted by molar-refractivity contribution is -0.137. The summed E-state index contributed by atoms with van der Waals surface area (Å²) in [6, 6.07) is 11.7. The van der Waals surface area contributed by atoms with Crippen molar-refractivity contribution in [1.29, 1.82) is 0 Å². The molecule has 2 aromatic rings. The topological polar surface area (TPSA) is 52.7 Å². The summed E-state index contributed by atoms with van der Waals surface area (Å²) in [5.41, 5.74) is 0.992. The molecule has 170 valence electrons. The fourth-order valence-electron chi connectivity index (χ4n) is 4.28. The lowest BCUT2D eigenvalue weighted by Crippen LogP contribution is -2.54. The molecule has 0 aliphatic carbocycles. The van der Waals surface area contributed by atoms with Gasteiger partial charge < -0.3 is 15.1 Å². The van der Waals surface area contributed by atoms with Crippen LogP contribution in [0.25, 0.3) is 0 Å². The molecule has 32 heavy (non-hydrogen) atoms. The van der Waals surface area contributed by atoms with Gasteiger partial charge in [0.25, 0.3) is 5.91 Å². The predicted molar refractivity (Wildman–Crippen MR) is 119 cm³/mol. The number of nitrogens with one attached hydrogen (secondary N) is 1. The number of amides is 3. The lowest BCUT2D eigenvalue weighted by atomic mass is 10.0. The summed E-state index contributed by atoms with van der Waals surface area (Å²) in [7, 11) is 0. The van der Waals surface area contributed by atoms with E-state index in [1.54, 1.807) is 16.7 Å². The van der Waals surface area contributed by atoms with Gasteiger partial charge in [-0.2, -0.15) is 13.2 Å². The highest BCUT2D eigenvalue weighted by Gasteiger charge is 2.47. The van der Waals surface area contributed by atoms with E-state index in [2.05, 4.69) is 5.32 Å². The van der Waals surface area contributed by atoms with Crippen molar-refractivity contribution in [2.75, 3.05) is 30.7 Å². The number of hydrogen-bond donors (Lipinski definition) is 1. The maximum Gasteiger partial charge on any atom is 0.416 e. The van der Waals surface area contributed by atoms with Crippen LogP contribution in [0.1, 0.15) is 34.3 Å². The van der Waals surface area contributed by atoms with Crippen LogP contribution in [0.5, 0.6) is 0 Å². The standard InChI is InChI=1S/C23H24F3N3O2S/c1-16-4-2-5-17(14-16)20(30)29-12-13-32-22(29)8-10-28(11-9-22)21(31)27-19-7-3-6-18(15-19)23(24,25)26/h2-7,14-15H,8-13H2,1H3,(H,27,31). The van der Waals surface area contributed by atoms with Gasteiger partial charge in [-0.05, 0) is 50.1 Å². The van der Waals surface area contributed by atoms with Gasteiger partial charge in [0.1, 0.15) is 0 Å². The third kappa shape index (κ3) is 4.57. The van der Waals surface area contributed by atoms with Gasteiger partial charge >= 0.3 is 12.2 Å². The van der Waals surface area contributed by atoms with Crippen LogP contribution in [0, 0.1) is 6.92 Å². The quantitative estimate of drug-likeness (QED) is 0.664. The van der Waals surface area contributed by atoms with E-state index >= 15 is 0 Å².